The summed E-state index contributed by atoms with van der Waals surface area (Å²) in [6.45, 7) is 7.05. The van der Waals surface area contributed by atoms with Gasteiger partial charge in [-0.2, -0.15) is 0 Å². The minimum atomic E-state index is -0.219. The summed E-state index contributed by atoms with van der Waals surface area (Å²) in [6.07, 6.45) is 3.16. The van der Waals surface area contributed by atoms with Gasteiger partial charge in [0.25, 0.3) is 0 Å². The van der Waals surface area contributed by atoms with E-state index in [2.05, 4.69) is 10.2 Å². The van der Waals surface area contributed by atoms with Crippen molar-refractivity contribution in [2.24, 2.45) is 11.7 Å². The van der Waals surface area contributed by atoms with E-state index in [0.717, 1.165) is 54.2 Å². The van der Waals surface area contributed by atoms with E-state index in [9.17, 15) is 14.4 Å². The molecular weight excluding hydrogens is 350 g/mol. The Bertz CT molecular complexity index is 656. The van der Waals surface area contributed by atoms with Crippen LogP contribution in [-0.2, 0) is 9.59 Å². The number of hydrogen-bond acceptors (Lipinski definition) is 5. The van der Waals surface area contributed by atoms with Crippen molar-refractivity contribution < 1.29 is 14.4 Å². The number of rotatable bonds is 9. The van der Waals surface area contributed by atoms with Crippen molar-refractivity contribution in [3.63, 3.8) is 0 Å². The summed E-state index contributed by atoms with van der Waals surface area (Å²) < 4.78 is 0. The first kappa shape index (κ1) is 20.6. The van der Waals surface area contributed by atoms with Crippen molar-refractivity contribution in [2.45, 2.75) is 46.0 Å². The van der Waals surface area contributed by atoms with Crippen LogP contribution in [0.25, 0.3) is 0 Å². The number of ketones is 1. The lowest BCUT2D eigenvalue weighted by Gasteiger charge is -2.31. The first-order chi connectivity index (χ1) is 12.4. The van der Waals surface area contributed by atoms with E-state index >= 15 is 0 Å². The maximum absolute atomic E-state index is 12.2. The number of hydrogen-bond donors (Lipinski definition) is 2. The number of aryl methyl sites for hydroxylation is 2. The molecule has 1 aromatic rings. The van der Waals surface area contributed by atoms with Crippen LogP contribution in [0.5, 0.6) is 0 Å². The molecule has 0 saturated carbocycles. The second-order valence-electron chi connectivity index (χ2n) is 7.00. The first-order valence-electron chi connectivity index (χ1n) is 9.25. The molecule has 144 valence electrons. The molecule has 0 radical (unpaired) electrons. The molecule has 1 saturated heterocycles. The zero-order valence-corrected chi connectivity index (χ0v) is 16.5. The topological polar surface area (TPSA) is 92.5 Å². The van der Waals surface area contributed by atoms with Gasteiger partial charge in [-0.15, -0.1) is 11.3 Å². The van der Waals surface area contributed by atoms with Crippen LogP contribution in [0.3, 0.4) is 0 Å². The third-order valence-corrected chi connectivity index (χ3v) is 5.77. The zero-order valence-electron chi connectivity index (χ0n) is 15.7. The van der Waals surface area contributed by atoms with Gasteiger partial charge in [-0.1, -0.05) is 0 Å². The van der Waals surface area contributed by atoms with Crippen molar-refractivity contribution in [1.82, 2.24) is 10.2 Å². The summed E-state index contributed by atoms with van der Waals surface area (Å²) in [4.78, 5) is 39.8. The third kappa shape index (κ3) is 6.21. The molecular formula is C19H29N3O3S. The van der Waals surface area contributed by atoms with Gasteiger partial charge in [-0.05, 0) is 52.3 Å². The Labute approximate surface area is 159 Å². The van der Waals surface area contributed by atoms with Crippen LogP contribution in [0.15, 0.2) is 6.07 Å². The summed E-state index contributed by atoms with van der Waals surface area (Å²) in [6, 6.07) is 1.90. The molecule has 26 heavy (non-hydrogen) atoms. The molecule has 0 bridgehead atoms. The fourth-order valence-corrected chi connectivity index (χ4v) is 4.32. The van der Waals surface area contributed by atoms with Gasteiger partial charge in [0.2, 0.25) is 11.8 Å². The van der Waals surface area contributed by atoms with E-state index < -0.39 is 0 Å². The molecule has 7 heteroatoms. The second kappa shape index (κ2) is 9.83. The highest BCUT2D eigenvalue weighted by molar-refractivity contribution is 7.12. The van der Waals surface area contributed by atoms with Gasteiger partial charge >= 0.3 is 0 Å². The Kier molecular flexibility index (Phi) is 7.78. The number of carbonyl (C=O) groups excluding carboxylic acids is 3. The molecule has 1 atom stereocenters. The van der Waals surface area contributed by atoms with Crippen molar-refractivity contribution in [2.75, 3.05) is 26.2 Å². The lowest BCUT2D eigenvalue weighted by molar-refractivity contribution is -0.123. The number of thiophene rings is 1. The van der Waals surface area contributed by atoms with Crippen LogP contribution >= 0.6 is 11.3 Å². The van der Waals surface area contributed by atoms with Gasteiger partial charge in [0.05, 0.1) is 5.92 Å². The van der Waals surface area contributed by atoms with E-state index in [4.69, 9.17) is 5.73 Å². The van der Waals surface area contributed by atoms with Crippen molar-refractivity contribution >= 4 is 28.9 Å². The van der Waals surface area contributed by atoms with Crippen molar-refractivity contribution in [3.05, 3.63) is 21.4 Å². The molecule has 1 fully saturated rings. The lowest BCUT2D eigenvalue weighted by Crippen LogP contribution is -2.42. The number of Topliss-reactive ketones (excluding diaryl/α,β-unsaturated/α-hetero) is 1. The number of likely N-dealkylation sites (tertiary alicyclic amines) is 1. The van der Waals surface area contributed by atoms with Gasteiger partial charge in [0.15, 0.2) is 5.78 Å². The van der Waals surface area contributed by atoms with E-state index in [1.54, 1.807) is 11.3 Å². The van der Waals surface area contributed by atoms with Gasteiger partial charge in [-0.3, -0.25) is 14.4 Å². The van der Waals surface area contributed by atoms with Crippen molar-refractivity contribution in [1.29, 1.82) is 0 Å². The molecule has 3 N–H and O–H groups in total. The number of nitrogens with one attached hydrogen (secondary N) is 1. The third-order valence-electron chi connectivity index (χ3n) is 4.80. The van der Waals surface area contributed by atoms with Gasteiger partial charge in [-0.25, -0.2) is 0 Å². The Morgan fingerprint density at radius 2 is 2.08 bits per heavy atom. The molecule has 6 nitrogen and oxygen atoms in total. The zero-order chi connectivity index (χ0) is 19.1. The molecule has 2 heterocycles. The van der Waals surface area contributed by atoms with E-state index in [-0.39, 0.29) is 36.4 Å². The molecule has 0 aliphatic carbocycles. The number of carbonyl (C=O) groups is 3. The summed E-state index contributed by atoms with van der Waals surface area (Å²) >= 11 is 1.61. The highest BCUT2D eigenvalue weighted by Crippen LogP contribution is 2.22. The molecule has 1 aliphatic heterocycles. The van der Waals surface area contributed by atoms with E-state index in [1.165, 1.54) is 0 Å². The molecule has 1 aromatic heterocycles. The minimum Gasteiger partial charge on any atom is -0.369 e. The van der Waals surface area contributed by atoms with Crippen LogP contribution in [0.4, 0.5) is 0 Å². The summed E-state index contributed by atoms with van der Waals surface area (Å²) in [5.74, 6) is -0.318. The number of nitrogens with two attached hydrogens (primary N) is 1. The summed E-state index contributed by atoms with van der Waals surface area (Å²) in [5.41, 5.74) is 6.13. The highest BCUT2D eigenvalue weighted by Gasteiger charge is 2.23. The first-order valence-corrected chi connectivity index (χ1v) is 10.1. The van der Waals surface area contributed by atoms with Crippen molar-refractivity contribution in [3.8, 4) is 0 Å². The van der Waals surface area contributed by atoms with Gasteiger partial charge in [0, 0.05) is 41.2 Å². The lowest BCUT2D eigenvalue weighted by atomic mass is 9.97. The molecule has 0 spiro atoms. The normalized spacial score (nSPS) is 17.8. The average Bonchev–Trinajstić information content (AvgIpc) is 2.95. The van der Waals surface area contributed by atoms with Gasteiger partial charge in [0.1, 0.15) is 0 Å². The van der Waals surface area contributed by atoms with Crippen LogP contribution in [-0.4, -0.2) is 48.7 Å². The van der Waals surface area contributed by atoms with Crippen LogP contribution < -0.4 is 11.1 Å². The number of piperidine rings is 1. The quantitative estimate of drug-likeness (QED) is 0.507. The summed E-state index contributed by atoms with van der Waals surface area (Å²) in [5, 5.41) is 2.88. The molecule has 1 unspecified atom stereocenters. The maximum atomic E-state index is 12.2. The largest absolute Gasteiger partial charge is 0.369 e. The Hall–Kier alpha value is -1.73. The standard InChI is InChI=1S/C19H29N3O3S/c1-13-11-16(14(2)26-13)17(23)6-7-18(24)21-8-4-10-22-9-3-5-15(12-22)19(20)25/h11,15H,3-10,12H2,1-2H3,(H2,20,25)(H,21,24). The fourth-order valence-electron chi connectivity index (χ4n) is 3.38. The smallest absolute Gasteiger partial charge is 0.221 e. The average molecular weight is 380 g/mol. The Morgan fingerprint density at radius 1 is 1.31 bits per heavy atom. The van der Waals surface area contributed by atoms with Crippen LogP contribution in [0.2, 0.25) is 0 Å². The Balaban J connectivity index is 1.61. The van der Waals surface area contributed by atoms with Crippen LogP contribution in [0.1, 0.15) is 52.2 Å². The molecule has 1 aliphatic rings. The molecule has 2 amide bonds. The van der Waals surface area contributed by atoms with Gasteiger partial charge < -0.3 is 16.0 Å². The molecule has 0 aromatic carbocycles. The number of primary amides is 1. The maximum Gasteiger partial charge on any atom is 0.221 e. The minimum absolute atomic E-state index is 0.0350. The fraction of sp³-hybridized carbons (Fsp3) is 0.632. The Morgan fingerprint density at radius 3 is 2.73 bits per heavy atom. The number of nitrogens with zero attached hydrogens (tertiary/aromatic N) is 1. The monoisotopic (exact) mass is 379 g/mol. The SMILES string of the molecule is Cc1cc(C(=O)CCC(=O)NCCCN2CCCC(C(N)=O)C2)c(C)s1. The van der Waals surface area contributed by atoms with E-state index in [0.29, 0.717) is 6.54 Å². The number of amides is 2. The summed E-state index contributed by atoms with van der Waals surface area (Å²) in [7, 11) is 0. The predicted molar refractivity (Wildman–Crippen MR) is 103 cm³/mol. The highest BCUT2D eigenvalue weighted by atomic mass is 32.1. The predicted octanol–water partition coefficient (Wildman–Crippen LogP) is 2.03. The second-order valence-corrected chi connectivity index (χ2v) is 8.46. The molecule has 2 rings (SSSR count). The van der Waals surface area contributed by atoms with E-state index in [1.807, 2.05) is 19.9 Å². The van der Waals surface area contributed by atoms with Crippen LogP contribution in [0, 0.1) is 19.8 Å².